The zero-order chi connectivity index (χ0) is 16.3. The van der Waals surface area contributed by atoms with Crippen LogP contribution in [0.15, 0.2) is 24.5 Å². The Kier molecular flexibility index (Phi) is 4.84. The van der Waals surface area contributed by atoms with Gasteiger partial charge in [-0.05, 0) is 25.0 Å². The molecule has 1 saturated carbocycles. The molecule has 7 heteroatoms. The van der Waals surface area contributed by atoms with Crippen LogP contribution in [0.4, 0.5) is 0 Å². The van der Waals surface area contributed by atoms with E-state index >= 15 is 0 Å². The molecule has 2 fully saturated rings. The number of hydrogen-bond donors (Lipinski definition) is 0. The maximum Gasteiger partial charge on any atom is 0.260 e. The molecule has 3 rings (SSSR count). The average molecular weight is 338 g/mol. The first-order valence-corrected chi connectivity index (χ1v) is 9.71. The maximum atomic E-state index is 12.5. The Balaban J connectivity index is 1.47. The van der Waals surface area contributed by atoms with Crippen LogP contribution in [-0.2, 0) is 14.6 Å². The minimum absolute atomic E-state index is 0.0815. The molecule has 0 bridgehead atoms. The number of sulfone groups is 1. The summed E-state index contributed by atoms with van der Waals surface area (Å²) in [7, 11) is -3.10. The number of amides is 1. The predicted octanol–water partition coefficient (Wildman–Crippen LogP) is 1.42. The normalized spacial score (nSPS) is 20.1. The summed E-state index contributed by atoms with van der Waals surface area (Å²) in [6, 6.07) is 3.46. The Bertz CT molecular complexity index is 635. The van der Waals surface area contributed by atoms with Gasteiger partial charge in [0.15, 0.2) is 16.4 Å². The van der Waals surface area contributed by atoms with Crippen molar-refractivity contribution >= 4 is 15.7 Å². The maximum absolute atomic E-state index is 12.5. The van der Waals surface area contributed by atoms with E-state index in [-0.39, 0.29) is 17.8 Å². The summed E-state index contributed by atoms with van der Waals surface area (Å²) in [6.45, 7) is 0.518. The summed E-state index contributed by atoms with van der Waals surface area (Å²) in [5, 5.41) is -0.599. The van der Waals surface area contributed by atoms with Gasteiger partial charge in [-0.1, -0.05) is 19.3 Å². The number of hydrogen-bond acceptors (Lipinski definition) is 5. The lowest BCUT2D eigenvalue weighted by Gasteiger charge is -2.40. The van der Waals surface area contributed by atoms with Gasteiger partial charge in [-0.3, -0.25) is 9.78 Å². The van der Waals surface area contributed by atoms with Crippen molar-refractivity contribution in [2.24, 2.45) is 0 Å². The molecule has 1 amide bonds. The molecule has 1 aromatic rings. The van der Waals surface area contributed by atoms with Gasteiger partial charge in [0.1, 0.15) is 5.75 Å². The van der Waals surface area contributed by atoms with Gasteiger partial charge in [0, 0.05) is 19.3 Å². The van der Waals surface area contributed by atoms with Crippen LogP contribution in [0.2, 0.25) is 0 Å². The largest absolute Gasteiger partial charge is 0.482 e. The van der Waals surface area contributed by atoms with E-state index in [2.05, 4.69) is 4.98 Å². The topological polar surface area (TPSA) is 76.6 Å². The minimum Gasteiger partial charge on any atom is -0.482 e. The van der Waals surface area contributed by atoms with Crippen molar-refractivity contribution in [3.8, 4) is 5.75 Å². The summed E-state index contributed by atoms with van der Waals surface area (Å²) in [5.74, 6) is 0.358. The molecule has 23 heavy (non-hydrogen) atoms. The van der Waals surface area contributed by atoms with Crippen LogP contribution in [0.1, 0.15) is 32.1 Å². The van der Waals surface area contributed by atoms with Crippen molar-refractivity contribution < 1.29 is 17.9 Å². The summed E-state index contributed by atoms with van der Waals surface area (Å²) < 4.78 is 30.4. The van der Waals surface area contributed by atoms with E-state index in [9.17, 15) is 13.2 Å². The van der Waals surface area contributed by atoms with Gasteiger partial charge in [0.05, 0.1) is 16.7 Å². The second-order valence-electron chi connectivity index (χ2n) is 6.25. The highest BCUT2D eigenvalue weighted by Gasteiger charge is 2.43. The summed E-state index contributed by atoms with van der Waals surface area (Å²) >= 11 is 0. The smallest absolute Gasteiger partial charge is 0.260 e. The molecule has 0 N–H and O–H groups in total. The fourth-order valence-corrected chi connectivity index (χ4v) is 5.49. The molecule has 0 radical (unpaired) electrons. The summed E-state index contributed by atoms with van der Waals surface area (Å²) in [5.41, 5.74) is 0. The Morgan fingerprint density at radius 3 is 2.61 bits per heavy atom. The van der Waals surface area contributed by atoms with Crippen LogP contribution in [0.25, 0.3) is 0 Å². The Hall–Kier alpha value is -1.63. The van der Waals surface area contributed by atoms with E-state index in [1.165, 1.54) is 0 Å². The monoisotopic (exact) mass is 338 g/mol. The fraction of sp³-hybridized carbons (Fsp3) is 0.625. The standard InChI is InChI=1S/C16H22N2O4S/c19-16(12-22-13-5-4-8-17-9-13)18-10-15(11-18)23(20,21)14-6-2-1-3-7-14/h4-5,8-9,14-15H,1-3,6-7,10-12H2. The van der Waals surface area contributed by atoms with Crippen LogP contribution in [-0.4, -0.2) is 54.4 Å². The van der Waals surface area contributed by atoms with E-state index in [0.29, 0.717) is 18.8 Å². The van der Waals surface area contributed by atoms with E-state index in [4.69, 9.17) is 4.74 Å². The van der Waals surface area contributed by atoms with Gasteiger partial charge < -0.3 is 9.64 Å². The van der Waals surface area contributed by atoms with Crippen LogP contribution in [0.5, 0.6) is 5.75 Å². The number of carbonyl (C=O) groups is 1. The third-order valence-corrected chi connectivity index (χ3v) is 7.31. The molecular weight excluding hydrogens is 316 g/mol. The number of pyridine rings is 1. The lowest BCUT2D eigenvalue weighted by atomic mass is 10.0. The van der Waals surface area contributed by atoms with E-state index in [0.717, 1.165) is 32.1 Å². The number of nitrogens with zero attached hydrogens (tertiary/aromatic N) is 2. The van der Waals surface area contributed by atoms with Gasteiger partial charge in [-0.25, -0.2) is 8.42 Å². The lowest BCUT2D eigenvalue weighted by Crippen LogP contribution is -2.59. The van der Waals surface area contributed by atoms with Gasteiger partial charge >= 0.3 is 0 Å². The molecule has 1 aliphatic heterocycles. The summed E-state index contributed by atoms with van der Waals surface area (Å²) in [6.07, 6.45) is 7.85. The molecule has 0 aromatic carbocycles. The quantitative estimate of drug-likeness (QED) is 0.811. The first-order chi connectivity index (χ1) is 11.1. The van der Waals surface area contributed by atoms with Gasteiger partial charge in [0.25, 0.3) is 5.91 Å². The van der Waals surface area contributed by atoms with Crippen LogP contribution < -0.4 is 4.74 Å². The van der Waals surface area contributed by atoms with Crippen LogP contribution >= 0.6 is 0 Å². The molecule has 126 valence electrons. The molecule has 2 aliphatic rings. The predicted molar refractivity (Wildman–Crippen MR) is 85.9 cm³/mol. The Morgan fingerprint density at radius 2 is 1.96 bits per heavy atom. The fourth-order valence-electron chi connectivity index (χ4n) is 3.18. The van der Waals surface area contributed by atoms with E-state index in [1.807, 2.05) is 0 Å². The molecule has 0 spiro atoms. The van der Waals surface area contributed by atoms with Crippen molar-refractivity contribution in [2.45, 2.75) is 42.6 Å². The molecule has 1 saturated heterocycles. The highest BCUT2D eigenvalue weighted by atomic mass is 32.2. The highest BCUT2D eigenvalue weighted by molar-refractivity contribution is 7.92. The number of rotatable bonds is 5. The molecular formula is C16H22N2O4S. The van der Waals surface area contributed by atoms with Gasteiger partial charge in [-0.2, -0.15) is 0 Å². The van der Waals surface area contributed by atoms with E-state index in [1.54, 1.807) is 29.4 Å². The molecule has 0 unspecified atom stereocenters. The Labute approximate surface area is 136 Å². The number of likely N-dealkylation sites (tertiary alicyclic amines) is 1. The van der Waals surface area contributed by atoms with Gasteiger partial charge in [0.2, 0.25) is 0 Å². The first-order valence-electron chi connectivity index (χ1n) is 8.10. The van der Waals surface area contributed by atoms with Crippen molar-refractivity contribution in [3.05, 3.63) is 24.5 Å². The minimum atomic E-state index is -3.10. The number of carbonyl (C=O) groups excluding carboxylic acids is 1. The number of aromatic nitrogens is 1. The lowest BCUT2D eigenvalue weighted by molar-refractivity contribution is -0.136. The van der Waals surface area contributed by atoms with Crippen molar-refractivity contribution in [3.63, 3.8) is 0 Å². The molecule has 1 aliphatic carbocycles. The summed E-state index contributed by atoms with van der Waals surface area (Å²) in [4.78, 5) is 17.5. The molecule has 1 aromatic heterocycles. The van der Waals surface area contributed by atoms with Crippen molar-refractivity contribution in [1.82, 2.24) is 9.88 Å². The zero-order valence-corrected chi connectivity index (χ0v) is 13.9. The zero-order valence-electron chi connectivity index (χ0n) is 13.1. The second-order valence-corrected chi connectivity index (χ2v) is 8.76. The molecule has 2 heterocycles. The molecule has 6 nitrogen and oxygen atoms in total. The number of ether oxygens (including phenoxy) is 1. The first kappa shape index (κ1) is 16.2. The van der Waals surface area contributed by atoms with Gasteiger partial charge in [-0.15, -0.1) is 0 Å². The molecule has 0 atom stereocenters. The Morgan fingerprint density at radius 1 is 1.22 bits per heavy atom. The second kappa shape index (κ2) is 6.86. The van der Waals surface area contributed by atoms with E-state index < -0.39 is 15.1 Å². The van der Waals surface area contributed by atoms with Crippen LogP contribution in [0, 0.1) is 0 Å². The third kappa shape index (κ3) is 3.65. The van der Waals surface area contributed by atoms with Crippen molar-refractivity contribution in [2.75, 3.05) is 19.7 Å². The highest BCUT2D eigenvalue weighted by Crippen LogP contribution is 2.29. The van der Waals surface area contributed by atoms with Crippen molar-refractivity contribution in [1.29, 1.82) is 0 Å². The van der Waals surface area contributed by atoms with Crippen LogP contribution in [0.3, 0.4) is 0 Å². The third-order valence-electron chi connectivity index (χ3n) is 4.68. The SMILES string of the molecule is O=C(COc1cccnc1)N1CC(S(=O)(=O)C2CCCCC2)C1. The average Bonchev–Trinajstić information content (AvgIpc) is 2.53.